The predicted octanol–water partition coefficient (Wildman–Crippen LogP) is 7.35. The van der Waals surface area contributed by atoms with Gasteiger partial charge in [0.15, 0.2) is 5.13 Å². The van der Waals surface area contributed by atoms with Gasteiger partial charge in [0.2, 0.25) is 5.91 Å². The van der Waals surface area contributed by atoms with Crippen LogP contribution in [0.2, 0.25) is 0 Å². The molecule has 5 rings (SSSR count). The summed E-state index contributed by atoms with van der Waals surface area (Å²) < 4.78 is 0. The molecule has 0 aliphatic heterocycles. The summed E-state index contributed by atoms with van der Waals surface area (Å²) in [5, 5.41) is 8.65. The van der Waals surface area contributed by atoms with Gasteiger partial charge in [0.25, 0.3) is 11.8 Å². The predicted molar refractivity (Wildman–Crippen MR) is 182 cm³/mol. The highest BCUT2D eigenvalue weighted by Gasteiger charge is 2.19. The molecular formula is C35H31N5O3S2. The van der Waals surface area contributed by atoms with Crippen LogP contribution in [-0.4, -0.2) is 32.9 Å². The number of amides is 3. The number of hydrogen-bond donors (Lipinski definition) is 3. The van der Waals surface area contributed by atoms with Crippen LogP contribution >= 0.6 is 23.1 Å². The Morgan fingerprint density at radius 2 is 1.67 bits per heavy atom. The first kappa shape index (κ1) is 31.4. The molecule has 1 atom stereocenters. The Kier molecular flexibility index (Phi) is 10.2. The molecule has 3 amide bonds. The van der Waals surface area contributed by atoms with E-state index >= 15 is 0 Å². The zero-order valence-corrected chi connectivity index (χ0v) is 26.5. The standard InChI is InChI=1S/C35H31N5O3S2/c1-22-14-16-26(17-15-22)31-23(2)45-35(39-31)40-32(41)24(3)44-29-13-7-12-28(20-29)37-34(43)30(19-25-9-8-18-36-21-25)38-33(42)27-10-5-4-6-11-27/h4-21,24H,1-3H3,(H,37,43)(H,38,42)(H,39,40,41)/b30-19-. The molecule has 0 fully saturated rings. The molecule has 1 unspecified atom stereocenters. The summed E-state index contributed by atoms with van der Waals surface area (Å²) in [6.45, 7) is 5.85. The fourth-order valence-corrected chi connectivity index (χ4v) is 6.07. The van der Waals surface area contributed by atoms with Crippen molar-refractivity contribution in [3.63, 3.8) is 0 Å². The van der Waals surface area contributed by atoms with Gasteiger partial charge in [-0.15, -0.1) is 23.1 Å². The van der Waals surface area contributed by atoms with E-state index in [9.17, 15) is 14.4 Å². The lowest BCUT2D eigenvalue weighted by molar-refractivity contribution is -0.115. The lowest BCUT2D eigenvalue weighted by Crippen LogP contribution is -2.30. The number of nitrogens with zero attached hydrogens (tertiary/aromatic N) is 2. The highest BCUT2D eigenvalue weighted by Crippen LogP contribution is 2.32. The van der Waals surface area contributed by atoms with Crippen LogP contribution in [0.15, 0.2) is 114 Å². The van der Waals surface area contributed by atoms with Crippen molar-refractivity contribution in [3.8, 4) is 11.3 Å². The Morgan fingerprint density at radius 1 is 0.889 bits per heavy atom. The van der Waals surface area contributed by atoms with E-state index < -0.39 is 17.1 Å². The normalized spacial score (nSPS) is 11.8. The van der Waals surface area contributed by atoms with E-state index in [1.54, 1.807) is 73.1 Å². The van der Waals surface area contributed by atoms with Crippen molar-refractivity contribution in [3.05, 3.63) is 131 Å². The van der Waals surface area contributed by atoms with Crippen molar-refractivity contribution in [2.24, 2.45) is 0 Å². The number of thiazole rings is 1. The molecule has 10 heteroatoms. The van der Waals surface area contributed by atoms with Gasteiger partial charge in [-0.2, -0.15) is 0 Å². The van der Waals surface area contributed by atoms with Gasteiger partial charge in [0.05, 0.1) is 10.9 Å². The molecule has 3 N–H and O–H groups in total. The highest BCUT2D eigenvalue weighted by atomic mass is 32.2. The van der Waals surface area contributed by atoms with Crippen LogP contribution in [0.25, 0.3) is 17.3 Å². The molecule has 226 valence electrons. The van der Waals surface area contributed by atoms with E-state index in [0.717, 1.165) is 21.0 Å². The van der Waals surface area contributed by atoms with Gasteiger partial charge >= 0.3 is 0 Å². The first-order valence-electron chi connectivity index (χ1n) is 14.2. The van der Waals surface area contributed by atoms with Crippen molar-refractivity contribution in [1.82, 2.24) is 15.3 Å². The Morgan fingerprint density at radius 3 is 2.40 bits per heavy atom. The van der Waals surface area contributed by atoms with Gasteiger partial charge in [-0.3, -0.25) is 19.4 Å². The molecule has 2 heterocycles. The second kappa shape index (κ2) is 14.6. The van der Waals surface area contributed by atoms with E-state index in [4.69, 9.17) is 0 Å². The largest absolute Gasteiger partial charge is 0.321 e. The Balaban J connectivity index is 1.25. The molecule has 0 saturated heterocycles. The summed E-state index contributed by atoms with van der Waals surface area (Å²) >= 11 is 2.80. The number of rotatable bonds is 10. The lowest BCUT2D eigenvalue weighted by atomic mass is 10.1. The van der Waals surface area contributed by atoms with E-state index in [-0.39, 0.29) is 11.6 Å². The first-order valence-corrected chi connectivity index (χ1v) is 15.9. The first-order chi connectivity index (χ1) is 21.7. The van der Waals surface area contributed by atoms with Gasteiger partial charge in [0, 0.05) is 39.0 Å². The number of nitrogens with one attached hydrogen (secondary N) is 3. The number of anilines is 2. The molecule has 2 aromatic heterocycles. The van der Waals surface area contributed by atoms with Crippen molar-refractivity contribution in [2.45, 2.75) is 30.9 Å². The van der Waals surface area contributed by atoms with Crippen LogP contribution in [0.4, 0.5) is 10.8 Å². The maximum atomic E-state index is 13.4. The maximum Gasteiger partial charge on any atom is 0.272 e. The SMILES string of the molecule is Cc1ccc(-c2nc(NC(=O)C(C)Sc3cccc(NC(=O)/C(=C/c4cccnc4)NC(=O)c4ccccc4)c3)sc2C)cc1. The number of benzene rings is 3. The number of carbonyl (C=O) groups is 3. The van der Waals surface area contributed by atoms with Crippen molar-refractivity contribution < 1.29 is 14.4 Å². The molecule has 0 bridgehead atoms. The van der Waals surface area contributed by atoms with E-state index in [0.29, 0.717) is 21.9 Å². The zero-order valence-electron chi connectivity index (χ0n) is 24.9. The summed E-state index contributed by atoms with van der Waals surface area (Å²) in [6, 6.07) is 27.6. The topological polar surface area (TPSA) is 113 Å². The molecule has 0 aliphatic carbocycles. The van der Waals surface area contributed by atoms with Crippen molar-refractivity contribution in [1.29, 1.82) is 0 Å². The summed E-state index contributed by atoms with van der Waals surface area (Å²) in [5.41, 5.74) is 4.69. The van der Waals surface area contributed by atoms with Gasteiger partial charge in [-0.25, -0.2) is 4.98 Å². The summed E-state index contributed by atoms with van der Waals surface area (Å²) in [6.07, 6.45) is 4.80. The zero-order chi connectivity index (χ0) is 31.8. The minimum atomic E-state index is -0.500. The van der Waals surface area contributed by atoms with Gasteiger partial charge in [-0.1, -0.05) is 60.2 Å². The summed E-state index contributed by atoms with van der Waals surface area (Å²) in [5.74, 6) is -1.09. The molecule has 0 saturated carbocycles. The number of hydrogen-bond acceptors (Lipinski definition) is 7. The van der Waals surface area contributed by atoms with Crippen molar-refractivity contribution >= 4 is 57.7 Å². The number of aryl methyl sites for hydroxylation is 2. The van der Waals surface area contributed by atoms with Crippen LogP contribution in [0.5, 0.6) is 0 Å². The van der Waals surface area contributed by atoms with Gasteiger partial charge in [0.1, 0.15) is 5.70 Å². The summed E-state index contributed by atoms with van der Waals surface area (Å²) in [4.78, 5) is 49.9. The molecule has 5 aromatic rings. The van der Waals surface area contributed by atoms with Crippen LogP contribution in [0.3, 0.4) is 0 Å². The average Bonchev–Trinajstić information content (AvgIpc) is 3.41. The quantitative estimate of drug-likeness (QED) is 0.110. The fraction of sp³-hybridized carbons (Fsp3) is 0.114. The molecule has 8 nitrogen and oxygen atoms in total. The second-order valence-electron chi connectivity index (χ2n) is 10.2. The highest BCUT2D eigenvalue weighted by molar-refractivity contribution is 8.00. The fourth-order valence-electron chi connectivity index (χ4n) is 4.31. The van der Waals surface area contributed by atoms with Crippen LogP contribution in [0.1, 0.15) is 33.3 Å². The van der Waals surface area contributed by atoms with Gasteiger partial charge in [-0.05, 0) is 68.8 Å². The maximum absolute atomic E-state index is 13.4. The minimum Gasteiger partial charge on any atom is -0.321 e. The molecule has 45 heavy (non-hydrogen) atoms. The van der Waals surface area contributed by atoms with Gasteiger partial charge < -0.3 is 16.0 Å². The van der Waals surface area contributed by atoms with Crippen molar-refractivity contribution in [2.75, 3.05) is 10.6 Å². The molecule has 0 aliphatic rings. The van der Waals surface area contributed by atoms with Crippen LogP contribution in [0, 0.1) is 13.8 Å². The molecule has 3 aromatic carbocycles. The Labute approximate surface area is 270 Å². The smallest absolute Gasteiger partial charge is 0.272 e. The van der Waals surface area contributed by atoms with E-state index in [2.05, 4.69) is 25.9 Å². The number of thioether (sulfide) groups is 1. The average molecular weight is 634 g/mol. The third-order valence-corrected chi connectivity index (χ3v) is 8.63. The third kappa shape index (κ3) is 8.53. The van der Waals surface area contributed by atoms with E-state index in [1.165, 1.54) is 28.7 Å². The third-order valence-electron chi connectivity index (χ3n) is 6.65. The molecule has 0 spiro atoms. The number of carbonyl (C=O) groups excluding carboxylic acids is 3. The Bertz CT molecular complexity index is 1840. The lowest BCUT2D eigenvalue weighted by Gasteiger charge is -2.13. The molecule has 0 radical (unpaired) electrons. The Hall–Kier alpha value is -5.06. The van der Waals surface area contributed by atoms with Crippen LogP contribution in [-0.2, 0) is 9.59 Å². The summed E-state index contributed by atoms with van der Waals surface area (Å²) in [7, 11) is 0. The molecular weight excluding hydrogens is 603 g/mol. The van der Waals surface area contributed by atoms with E-state index in [1.807, 2.05) is 57.2 Å². The minimum absolute atomic E-state index is 0.0615. The number of pyridine rings is 1. The van der Waals surface area contributed by atoms with Crippen LogP contribution < -0.4 is 16.0 Å². The second-order valence-corrected chi connectivity index (χ2v) is 12.8. The number of aromatic nitrogens is 2. The monoisotopic (exact) mass is 633 g/mol.